The lowest BCUT2D eigenvalue weighted by Crippen LogP contribution is -2.36. The molecular weight excluding hydrogens is 240 g/mol. The van der Waals surface area contributed by atoms with Gasteiger partial charge in [-0.05, 0) is 36.5 Å². The predicted molar refractivity (Wildman–Crippen MR) is 75.7 cm³/mol. The van der Waals surface area contributed by atoms with E-state index in [1.165, 1.54) is 0 Å². The lowest BCUT2D eigenvalue weighted by Gasteiger charge is -2.23. The maximum atomic E-state index is 12.3. The summed E-state index contributed by atoms with van der Waals surface area (Å²) in [6.45, 7) is 2.55. The monoisotopic (exact) mass is 262 g/mol. The van der Waals surface area contributed by atoms with Gasteiger partial charge < -0.3 is 15.7 Å². The summed E-state index contributed by atoms with van der Waals surface area (Å²) in [6.07, 6.45) is 2.63. The third-order valence-corrected chi connectivity index (χ3v) is 3.64. The molecule has 0 aliphatic heterocycles. The molecule has 0 aromatic heterocycles. The Morgan fingerprint density at radius 1 is 1.42 bits per heavy atom. The van der Waals surface area contributed by atoms with E-state index in [-0.39, 0.29) is 18.4 Å². The van der Waals surface area contributed by atoms with Crippen LogP contribution in [0.5, 0.6) is 0 Å². The van der Waals surface area contributed by atoms with Gasteiger partial charge in [0.15, 0.2) is 0 Å². The van der Waals surface area contributed by atoms with Gasteiger partial charge in [0.1, 0.15) is 0 Å². The van der Waals surface area contributed by atoms with E-state index in [0.717, 1.165) is 24.1 Å². The van der Waals surface area contributed by atoms with Gasteiger partial charge >= 0.3 is 0 Å². The molecule has 1 aromatic carbocycles. The van der Waals surface area contributed by atoms with E-state index < -0.39 is 0 Å². The fourth-order valence-corrected chi connectivity index (χ4v) is 2.33. The second-order valence-electron chi connectivity index (χ2n) is 5.31. The van der Waals surface area contributed by atoms with Gasteiger partial charge in [0, 0.05) is 24.7 Å². The summed E-state index contributed by atoms with van der Waals surface area (Å²) in [5.41, 5.74) is 7.53. The molecule has 1 amide bonds. The molecule has 4 nitrogen and oxygen atoms in total. The van der Waals surface area contributed by atoms with E-state index in [9.17, 15) is 4.79 Å². The van der Waals surface area contributed by atoms with Crippen molar-refractivity contribution in [2.45, 2.75) is 38.1 Å². The van der Waals surface area contributed by atoms with Crippen LogP contribution in [0.2, 0.25) is 0 Å². The number of nitrogen functional groups attached to an aromatic ring is 1. The van der Waals surface area contributed by atoms with E-state index in [1.54, 1.807) is 0 Å². The molecule has 104 valence electrons. The first-order chi connectivity index (χ1) is 9.11. The Morgan fingerprint density at radius 3 is 2.58 bits per heavy atom. The zero-order chi connectivity index (χ0) is 13.8. The highest BCUT2D eigenvalue weighted by molar-refractivity contribution is 5.77. The first-order valence-corrected chi connectivity index (χ1v) is 6.87. The minimum Gasteiger partial charge on any atom is -0.399 e. The van der Waals surface area contributed by atoms with E-state index in [0.29, 0.717) is 19.0 Å². The van der Waals surface area contributed by atoms with Gasteiger partial charge in [-0.2, -0.15) is 0 Å². The van der Waals surface area contributed by atoms with Gasteiger partial charge in [-0.15, -0.1) is 0 Å². The third-order valence-electron chi connectivity index (χ3n) is 3.64. The molecule has 0 heterocycles. The van der Waals surface area contributed by atoms with Crippen LogP contribution in [0.1, 0.15) is 37.7 Å². The summed E-state index contributed by atoms with van der Waals surface area (Å²) in [7, 11) is 0. The van der Waals surface area contributed by atoms with E-state index in [2.05, 4.69) is 0 Å². The highest BCUT2D eigenvalue weighted by atomic mass is 16.3. The Hall–Kier alpha value is -1.55. The molecule has 0 radical (unpaired) electrons. The molecule has 2 rings (SSSR count). The average molecular weight is 262 g/mol. The predicted octanol–water partition coefficient (Wildman–Crippen LogP) is 1.75. The summed E-state index contributed by atoms with van der Waals surface area (Å²) in [5.74, 6) is 0.314. The molecule has 1 aliphatic rings. The van der Waals surface area contributed by atoms with Crippen molar-refractivity contribution in [3.8, 4) is 0 Å². The first kappa shape index (κ1) is 13.9. The van der Waals surface area contributed by atoms with Gasteiger partial charge in [0.25, 0.3) is 0 Å². The molecule has 0 saturated heterocycles. The van der Waals surface area contributed by atoms with Crippen LogP contribution in [0.15, 0.2) is 24.3 Å². The summed E-state index contributed by atoms with van der Waals surface area (Å²) >= 11 is 0. The van der Waals surface area contributed by atoms with Crippen molar-refractivity contribution < 1.29 is 9.90 Å². The van der Waals surface area contributed by atoms with Crippen molar-refractivity contribution in [3.63, 3.8) is 0 Å². The van der Waals surface area contributed by atoms with Crippen LogP contribution < -0.4 is 5.73 Å². The standard InChI is InChI=1S/C15H22N2O2/c1-11(12-2-4-13(16)5-3-12)10-15(19)17(8-9-18)14-6-7-14/h2-5,11,14,18H,6-10,16H2,1H3. The third kappa shape index (κ3) is 3.70. The molecule has 1 fully saturated rings. The Kier molecular flexibility index (Phi) is 4.43. The number of rotatable bonds is 6. The fraction of sp³-hybridized carbons (Fsp3) is 0.533. The molecule has 1 aromatic rings. The first-order valence-electron chi connectivity index (χ1n) is 6.87. The normalized spacial score (nSPS) is 16.1. The average Bonchev–Trinajstić information content (AvgIpc) is 3.20. The van der Waals surface area contributed by atoms with Crippen molar-refractivity contribution in [1.82, 2.24) is 4.90 Å². The summed E-state index contributed by atoms with van der Waals surface area (Å²) < 4.78 is 0. The molecule has 0 bridgehead atoms. The zero-order valence-electron chi connectivity index (χ0n) is 11.4. The Bertz CT molecular complexity index is 426. The van der Waals surface area contributed by atoms with Crippen molar-refractivity contribution in [1.29, 1.82) is 0 Å². The number of nitrogens with zero attached hydrogens (tertiary/aromatic N) is 1. The van der Waals surface area contributed by atoms with Crippen LogP contribution in [-0.4, -0.2) is 35.1 Å². The smallest absolute Gasteiger partial charge is 0.223 e. The van der Waals surface area contributed by atoms with Crippen LogP contribution in [0.25, 0.3) is 0 Å². The molecule has 1 unspecified atom stereocenters. The highest BCUT2D eigenvalue weighted by Crippen LogP contribution is 2.29. The summed E-state index contributed by atoms with van der Waals surface area (Å²) in [5, 5.41) is 9.04. The van der Waals surface area contributed by atoms with Crippen LogP contribution in [0, 0.1) is 0 Å². The zero-order valence-corrected chi connectivity index (χ0v) is 11.4. The maximum absolute atomic E-state index is 12.3. The fourth-order valence-electron chi connectivity index (χ4n) is 2.33. The van der Waals surface area contributed by atoms with Gasteiger partial charge in [0.2, 0.25) is 5.91 Å². The van der Waals surface area contributed by atoms with Crippen LogP contribution in [0.4, 0.5) is 5.69 Å². The molecule has 1 aliphatic carbocycles. The van der Waals surface area contributed by atoms with Crippen molar-refractivity contribution in [3.05, 3.63) is 29.8 Å². The van der Waals surface area contributed by atoms with E-state index in [4.69, 9.17) is 10.8 Å². The second kappa shape index (κ2) is 6.06. The lowest BCUT2D eigenvalue weighted by molar-refractivity contribution is -0.132. The number of carbonyl (C=O) groups is 1. The summed E-state index contributed by atoms with van der Waals surface area (Å²) in [4.78, 5) is 14.1. The van der Waals surface area contributed by atoms with Crippen molar-refractivity contribution in [2.24, 2.45) is 0 Å². The lowest BCUT2D eigenvalue weighted by atomic mass is 9.97. The molecule has 4 heteroatoms. The topological polar surface area (TPSA) is 66.6 Å². The number of nitrogens with two attached hydrogens (primary N) is 1. The highest BCUT2D eigenvalue weighted by Gasteiger charge is 2.32. The number of carbonyl (C=O) groups excluding carboxylic acids is 1. The quantitative estimate of drug-likeness (QED) is 0.767. The Morgan fingerprint density at radius 2 is 2.05 bits per heavy atom. The van der Waals surface area contributed by atoms with Crippen LogP contribution in [0.3, 0.4) is 0 Å². The van der Waals surface area contributed by atoms with Crippen LogP contribution in [-0.2, 0) is 4.79 Å². The van der Waals surface area contributed by atoms with Crippen molar-refractivity contribution in [2.75, 3.05) is 18.9 Å². The molecule has 3 N–H and O–H groups in total. The van der Waals surface area contributed by atoms with E-state index >= 15 is 0 Å². The molecule has 1 atom stereocenters. The number of hydrogen-bond donors (Lipinski definition) is 2. The maximum Gasteiger partial charge on any atom is 0.223 e. The summed E-state index contributed by atoms with van der Waals surface area (Å²) in [6, 6.07) is 8.03. The number of benzene rings is 1. The SMILES string of the molecule is CC(CC(=O)N(CCO)C1CC1)c1ccc(N)cc1. The Labute approximate surface area is 114 Å². The minimum atomic E-state index is 0.0402. The van der Waals surface area contributed by atoms with Crippen LogP contribution >= 0.6 is 0 Å². The van der Waals surface area contributed by atoms with Gasteiger partial charge in [-0.1, -0.05) is 19.1 Å². The van der Waals surface area contributed by atoms with Crippen molar-refractivity contribution >= 4 is 11.6 Å². The number of hydrogen-bond acceptors (Lipinski definition) is 3. The van der Waals surface area contributed by atoms with Gasteiger partial charge in [-0.3, -0.25) is 4.79 Å². The molecular formula is C15H22N2O2. The number of anilines is 1. The Balaban J connectivity index is 1.95. The minimum absolute atomic E-state index is 0.0402. The van der Waals surface area contributed by atoms with E-state index in [1.807, 2.05) is 36.1 Å². The molecule has 19 heavy (non-hydrogen) atoms. The number of amides is 1. The second-order valence-corrected chi connectivity index (χ2v) is 5.31. The van der Waals surface area contributed by atoms with Gasteiger partial charge in [-0.25, -0.2) is 0 Å². The van der Waals surface area contributed by atoms with Gasteiger partial charge in [0.05, 0.1) is 6.61 Å². The number of aliphatic hydroxyl groups excluding tert-OH is 1. The molecule has 1 saturated carbocycles. The molecule has 0 spiro atoms. The number of aliphatic hydroxyl groups is 1. The largest absolute Gasteiger partial charge is 0.399 e.